The lowest BCUT2D eigenvalue weighted by molar-refractivity contribution is 0.616. The van der Waals surface area contributed by atoms with E-state index in [1.165, 1.54) is 18.5 Å². The van der Waals surface area contributed by atoms with Gasteiger partial charge in [0.25, 0.3) is 0 Å². The summed E-state index contributed by atoms with van der Waals surface area (Å²) < 4.78 is 2.16. The molecule has 2 aromatic heterocycles. The Balaban J connectivity index is 2.23. The minimum Gasteiger partial charge on any atom is -0.309 e. The first kappa shape index (κ1) is 10.1. The van der Waals surface area contributed by atoms with Gasteiger partial charge < -0.3 is 5.32 Å². The summed E-state index contributed by atoms with van der Waals surface area (Å²) in [6.07, 6.45) is 2.43. The molecular formula is C12H14ClN3. The first-order valence-corrected chi connectivity index (χ1v) is 6.02. The van der Waals surface area contributed by atoms with Crippen LogP contribution in [-0.2, 0) is 0 Å². The third kappa shape index (κ3) is 1.43. The first-order chi connectivity index (χ1) is 7.77. The lowest BCUT2D eigenvalue weighted by Crippen LogP contribution is -2.16. The largest absolute Gasteiger partial charge is 0.309 e. The number of aromatic nitrogens is 2. The third-order valence-electron chi connectivity index (χ3n) is 3.23. The average Bonchev–Trinajstić information content (AvgIpc) is 2.88. The lowest BCUT2D eigenvalue weighted by Gasteiger charge is -2.14. The van der Waals surface area contributed by atoms with Gasteiger partial charge >= 0.3 is 0 Å². The number of pyridine rings is 1. The maximum atomic E-state index is 6.10. The summed E-state index contributed by atoms with van der Waals surface area (Å²) >= 11 is 6.10. The minimum atomic E-state index is 0.438. The average molecular weight is 236 g/mol. The summed E-state index contributed by atoms with van der Waals surface area (Å²) in [7, 11) is 0. The van der Waals surface area contributed by atoms with Crippen molar-refractivity contribution in [1.29, 1.82) is 0 Å². The third-order valence-corrected chi connectivity index (χ3v) is 3.51. The van der Waals surface area contributed by atoms with Gasteiger partial charge in [0.2, 0.25) is 0 Å². The van der Waals surface area contributed by atoms with Gasteiger partial charge in [0, 0.05) is 11.7 Å². The Morgan fingerprint density at radius 1 is 1.50 bits per heavy atom. The van der Waals surface area contributed by atoms with Crippen molar-refractivity contribution in [3.63, 3.8) is 0 Å². The molecule has 3 nitrogen and oxygen atoms in total. The highest BCUT2D eigenvalue weighted by Crippen LogP contribution is 2.27. The van der Waals surface area contributed by atoms with Crippen molar-refractivity contribution in [3.05, 3.63) is 34.9 Å². The van der Waals surface area contributed by atoms with E-state index < -0.39 is 0 Å². The van der Waals surface area contributed by atoms with Crippen LogP contribution in [0.5, 0.6) is 0 Å². The molecule has 3 heterocycles. The molecule has 16 heavy (non-hydrogen) atoms. The number of nitrogens with one attached hydrogen (secondary N) is 1. The summed E-state index contributed by atoms with van der Waals surface area (Å²) in [5.41, 5.74) is 2.28. The predicted octanol–water partition coefficient (Wildman–Crippen LogP) is 2.72. The Labute approximate surface area is 99.4 Å². The monoisotopic (exact) mass is 235 g/mol. The van der Waals surface area contributed by atoms with Gasteiger partial charge in [-0.25, -0.2) is 4.98 Å². The fraction of sp³-hybridized carbons (Fsp3) is 0.417. The molecule has 0 bridgehead atoms. The van der Waals surface area contributed by atoms with Gasteiger partial charge in [-0.3, -0.25) is 4.40 Å². The van der Waals surface area contributed by atoms with Crippen molar-refractivity contribution >= 4 is 17.1 Å². The highest BCUT2D eigenvalue weighted by Gasteiger charge is 2.20. The molecule has 4 heteroatoms. The van der Waals surface area contributed by atoms with Crippen LogP contribution in [0.4, 0.5) is 0 Å². The van der Waals surface area contributed by atoms with E-state index in [1.54, 1.807) is 0 Å². The van der Waals surface area contributed by atoms with E-state index in [-0.39, 0.29) is 0 Å². The van der Waals surface area contributed by atoms with Crippen LogP contribution in [0.25, 0.3) is 5.52 Å². The molecule has 0 spiro atoms. The van der Waals surface area contributed by atoms with E-state index in [4.69, 9.17) is 11.6 Å². The Morgan fingerprint density at radius 3 is 3.12 bits per heavy atom. The van der Waals surface area contributed by atoms with E-state index in [0.717, 1.165) is 17.9 Å². The number of aryl methyl sites for hydroxylation is 1. The maximum Gasteiger partial charge on any atom is 0.155 e. The SMILES string of the molecule is Cc1nc(Cl)c2cccc(C3CCCN3)n12. The summed E-state index contributed by atoms with van der Waals surface area (Å²) in [6, 6.07) is 6.66. The zero-order chi connectivity index (χ0) is 11.1. The number of nitrogens with zero attached hydrogens (tertiary/aromatic N) is 2. The zero-order valence-electron chi connectivity index (χ0n) is 9.20. The predicted molar refractivity (Wildman–Crippen MR) is 64.9 cm³/mol. The molecule has 3 rings (SSSR count). The van der Waals surface area contributed by atoms with Crippen LogP contribution in [0.15, 0.2) is 18.2 Å². The van der Waals surface area contributed by atoms with E-state index in [9.17, 15) is 0 Å². The molecule has 1 saturated heterocycles. The van der Waals surface area contributed by atoms with Gasteiger partial charge in [-0.15, -0.1) is 0 Å². The highest BCUT2D eigenvalue weighted by atomic mass is 35.5. The van der Waals surface area contributed by atoms with Gasteiger partial charge in [-0.05, 0) is 38.4 Å². The second kappa shape index (κ2) is 3.75. The first-order valence-electron chi connectivity index (χ1n) is 5.64. The second-order valence-electron chi connectivity index (χ2n) is 4.27. The van der Waals surface area contributed by atoms with Crippen LogP contribution in [0, 0.1) is 6.92 Å². The van der Waals surface area contributed by atoms with Crippen molar-refractivity contribution in [2.75, 3.05) is 6.54 Å². The second-order valence-corrected chi connectivity index (χ2v) is 4.63. The Bertz CT molecular complexity index is 526. The van der Waals surface area contributed by atoms with Crippen molar-refractivity contribution in [2.45, 2.75) is 25.8 Å². The van der Waals surface area contributed by atoms with Gasteiger partial charge in [-0.2, -0.15) is 0 Å². The molecule has 1 N–H and O–H groups in total. The number of imidazole rings is 1. The van der Waals surface area contributed by atoms with Crippen molar-refractivity contribution < 1.29 is 0 Å². The number of hydrogen-bond donors (Lipinski definition) is 1. The van der Waals surface area contributed by atoms with Crippen molar-refractivity contribution in [2.24, 2.45) is 0 Å². The number of hydrogen-bond acceptors (Lipinski definition) is 2. The number of fused-ring (bicyclic) bond motifs is 1. The molecule has 1 aliphatic heterocycles. The smallest absolute Gasteiger partial charge is 0.155 e. The maximum absolute atomic E-state index is 6.10. The van der Waals surface area contributed by atoms with Crippen LogP contribution < -0.4 is 5.32 Å². The summed E-state index contributed by atoms with van der Waals surface area (Å²) in [6.45, 7) is 3.10. The lowest BCUT2D eigenvalue weighted by atomic mass is 10.1. The minimum absolute atomic E-state index is 0.438. The molecular weight excluding hydrogens is 222 g/mol. The number of halogens is 1. The van der Waals surface area contributed by atoms with Crippen molar-refractivity contribution in [1.82, 2.24) is 14.7 Å². The summed E-state index contributed by atoms with van der Waals surface area (Å²) in [4.78, 5) is 4.32. The molecule has 1 fully saturated rings. The Hall–Kier alpha value is -1.06. The van der Waals surface area contributed by atoms with Crippen LogP contribution >= 0.6 is 11.6 Å². The molecule has 0 saturated carbocycles. The van der Waals surface area contributed by atoms with Crippen LogP contribution in [0.1, 0.15) is 30.4 Å². The van der Waals surface area contributed by atoms with Gasteiger partial charge in [0.15, 0.2) is 5.15 Å². The molecule has 0 aromatic carbocycles. The molecule has 0 radical (unpaired) electrons. The number of rotatable bonds is 1. The van der Waals surface area contributed by atoms with Gasteiger partial charge in [-0.1, -0.05) is 17.7 Å². The van der Waals surface area contributed by atoms with Gasteiger partial charge in [0.05, 0.1) is 5.52 Å². The highest BCUT2D eigenvalue weighted by molar-refractivity contribution is 6.32. The topological polar surface area (TPSA) is 29.3 Å². The molecule has 1 unspecified atom stereocenters. The Kier molecular flexibility index (Phi) is 2.37. The molecule has 84 valence electrons. The normalized spacial score (nSPS) is 20.8. The van der Waals surface area contributed by atoms with E-state index >= 15 is 0 Å². The molecule has 2 aromatic rings. The fourth-order valence-electron chi connectivity index (χ4n) is 2.51. The summed E-state index contributed by atoms with van der Waals surface area (Å²) in [5.74, 6) is 0.962. The Morgan fingerprint density at radius 2 is 2.38 bits per heavy atom. The van der Waals surface area contributed by atoms with E-state index in [1.807, 2.05) is 13.0 Å². The fourth-order valence-corrected chi connectivity index (χ4v) is 2.78. The van der Waals surface area contributed by atoms with Crippen LogP contribution in [0.3, 0.4) is 0 Å². The summed E-state index contributed by atoms with van der Waals surface area (Å²) in [5, 5.41) is 4.10. The molecule has 1 aliphatic rings. The standard InChI is InChI=1S/C12H14ClN3/c1-8-15-12(13)11-6-2-5-10(16(8)11)9-4-3-7-14-9/h2,5-6,9,14H,3-4,7H2,1H3. The van der Waals surface area contributed by atoms with Crippen LogP contribution in [0.2, 0.25) is 5.15 Å². The molecule has 0 amide bonds. The van der Waals surface area contributed by atoms with Crippen LogP contribution in [-0.4, -0.2) is 15.9 Å². The van der Waals surface area contributed by atoms with Gasteiger partial charge in [0.1, 0.15) is 5.82 Å². The molecule has 1 atom stereocenters. The molecule has 0 aliphatic carbocycles. The quantitative estimate of drug-likeness (QED) is 0.824. The van der Waals surface area contributed by atoms with E-state index in [2.05, 4.69) is 26.8 Å². The van der Waals surface area contributed by atoms with E-state index in [0.29, 0.717) is 11.2 Å². The zero-order valence-corrected chi connectivity index (χ0v) is 9.96. The van der Waals surface area contributed by atoms with Crippen molar-refractivity contribution in [3.8, 4) is 0 Å².